The lowest BCUT2D eigenvalue weighted by molar-refractivity contribution is 0.0944. The molecule has 0 saturated carbocycles. The van der Waals surface area contributed by atoms with Crippen LogP contribution in [0.4, 0.5) is 0 Å². The smallest absolute Gasteiger partial charge is 0.293 e. The highest BCUT2D eigenvalue weighted by atomic mass is 16.5. The van der Waals surface area contributed by atoms with Crippen molar-refractivity contribution in [3.8, 4) is 11.7 Å². The average Bonchev–Trinajstić information content (AvgIpc) is 3.14. The van der Waals surface area contributed by atoms with Crippen LogP contribution in [0.15, 0.2) is 33.5 Å². The van der Waals surface area contributed by atoms with Crippen LogP contribution in [0.25, 0.3) is 11.7 Å². The lowest BCUT2D eigenvalue weighted by atomic mass is 10.4. The fourth-order valence-electron chi connectivity index (χ4n) is 1.39. The van der Waals surface area contributed by atoms with Gasteiger partial charge in [0.1, 0.15) is 0 Å². The van der Waals surface area contributed by atoms with E-state index < -0.39 is 0 Å². The molecule has 0 aliphatic carbocycles. The third-order valence-electron chi connectivity index (χ3n) is 2.25. The van der Waals surface area contributed by atoms with Gasteiger partial charge in [-0.25, -0.2) is 0 Å². The number of hydrogen-bond donors (Lipinski definition) is 2. The van der Waals surface area contributed by atoms with Crippen LogP contribution in [0, 0.1) is 0 Å². The van der Waals surface area contributed by atoms with Crippen molar-refractivity contribution in [2.75, 3.05) is 0 Å². The van der Waals surface area contributed by atoms with Gasteiger partial charge >= 0.3 is 0 Å². The summed E-state index contributed by atoms with van der Waals surface area (Å²) >= 11 is 0. The number of nitrogens with zero attached hydrogens (tertiary/aromatic N) is 4. The monoisotopic (exact) mass is 260 g/mol. The Morgan fingerprint density at radius 1 is 1.47 bits per heavy atom. The second-order valence-corrected chi connectivity index (χ2v) is 3.53. The summed E-state index contributed by atoms with van der Waals surface area (Å²) in [5.41, 5.74) is 0.190. The van der Waals surface area contributed by atoms with Crippen LogP contribution in [0.2, 0.25) is 0 Å². The number of rotatable bonds is 4. The molecule has 0 radical (unpaired) electrons. The fourth-order valence-corrected chi connectivity index (χ4v) is 1.39. The topological polar surface area (TPSA) is 123 Å². The van der Waals surface area contributed by atoms with Crippen molar-refractivity contribution in [1.29, 1.82) is 0 Å². The molecule has 0 aliphatic rings. The molecule has 0 aromatic carbocycles. The molecule has 0 saturated heterocycles. The highest BCUT2D eigenvalue weighted by molar-refractivity contribution is 5.91. The van der Waals surface area contributed by atoms with E-state index in [1.54, 1.807) is 12.1 Å². The minimum absolute atomic E-state index is 0.121. The molecule has 3 aromatic heterocycles. The predicted octanol–water partition coefficient (Wildman–Crippen LogP) is 0.378. The molecule has 0 unspecified atom stereocenters. The van der Waals surface area contributed by atoms with E-state index in [0.29, 0.717) is 11.6 Å². The van der Waals surface area contributed by atoms with E-state index in [1.807, 2.05) is 0 Å². The van der Waals surface area contributed by atoms with Gasteiger partial charge in [0, 0.05) is 0 Å². The van der Waals surface area contributed by atoms with Crippen molar-refractivity contribution in [3.05, 3.63) is 36.1 Å². The van der Waals surface area contributed by atoms with E-state index in [9.17, 15) is 4.79 Å². The maximum absolute atomic E-state index is 11.6. The highest BCUT2D eigenvalue weighted by Gasteiger charge is 2.13. The van der Waals surface area contributed by atoms with Crippen LogP contribution in [0.3, 0.4) is 0 Å². The zero-order valence-corrected chi connectivity index (χ0v) is 9.53. The summed E-state index contributed by atoms with van der Waals surface area (Å²) in [6.07, 6.45) is 2.82. The molecule has 9 nitrogen and oxygen atoms in total. The Bertz CT molecular complexity index is 657. The first-order valence-corrected chi connectivity index (χ1v) is 5.33. The molecule has 0 atom stereocenters. The van der Waals surface area contributed by atoms with Gasteiger partial charge in [0.25, 0.3) is 11.8 Å². The third-order valence-corrected chi connectivity index (χ3v) is 2.25. The predicted molar refractivity (Wildman–Crippen MR) is 59.6 cm³/mol. The summed E-state index contributed by atoms with van der Waals surface area (Å²) in [6.45, 7) is 0.121. The van der Waals surface area contributed by atoms with Crippen molar-refractivity contribution >= 4 is 5.91 Å². The van der Waals surface area contributed by atoms with Gasteiger partial charge in [-0.15, -0.1) is 0 Å². The van der Waals surface area contributed by atoms with E-state index in [4.69, 9.17) is 8.94 Å². The van der Waals surface area contributed by atoms with Crippen LogP contribution in [-0.2, 0) is 6.54 Å². The molecule has 1 amide bonds. The van der Waals surface area contributed by atoms with Crippen LogP contribution in [0.5, 0.6) is 0 Å². The van der Waals surface area contributed by atoms with E-state index in [-0.39, 0.29) is 24.0 Å². The summed E-state index contributed by atoms with van der Waals surface area (Å²) in [5.74, 6) is 0.693. The normalized spacial score (nSPS) is 10.5. The number of hydrogen-bond acceptors (Lipinski definition) is 7. The summed E-state index contributed by atoms with van der Waals surface area (Å²) in [6, 6.07) is 3.41. The van der Waals surface area contributed by atoms with E-state index in [1.165, 1.54) is 12.5 Å². The van der Waals surface area contributed by atoms with Gasteiger partial charge in [-0.05, 0) is 12.1 Å². The maximum Gasteiger partial charge on any atom is 0.293 e. The molecular formula is C10H8N6O3. The number of aromatic nitrogens is 5. The number of nitrogens with one attached hydrogen (secondary N) is 2. The number of aromatic amines is 1. The van der Waals surface area contributed by atoms with E-state index in [0.717, 1.165) is 0 Å². The molecule has 0 bridgehead atoms. The minimum atomic E-state index is -0.377. The SMILES string of the molecule is O=C(NCc1noc(-c2ccco2)n1)c1cn[nH]n1. The summed E-state index contributed by atoms with van der Waals surface area (Å²) in [7, 11) is 0. The largest absolute Gasteiger partial charge is 0.459 e. The molecular weight excluding hydrogens is 252 g/mol. The molecule has 0 fully saturated rings. The van der Waals surface area contributed by atoms with E-state index >= 15 is 0 Å². The lowest BCUT2D eigenvalue weighted by Gasteiger charge is -1.96. The molecule has 3 rings (SSSR count). The Labute approximate surface area is 106 Å². The number of H-pyrrole nitrogens is 1. The number of amides is 1. The van der Waals surface area contributed by atoms with E-state index in [2.05, 4.69) is 30.9 Å². The Morgan fingerprint density at radius 2 is 2.42 bits per heavy atom. The fraction of sp³-hybridized carbons (Fsp3) is 0.100. The Kier molecular flexibility index (Phi) is 2.77. The van der Waals surface area contributed by atoms with Crippen LogP contribution in [0.1, 0.15) is 16.3 Å². The second-order valence-electron chi connectivity index (χ2n) is 3.53. The van der Waals surface area contributed by atoms with Crippen LogP contribution >= 0.6 is 0 Å². The van der Waals surface area contributed by atoms with Crippen LogP contribution in [-0.4, -0.2) is 31.5 Å². The van der Waals surface area contributed by atoms with Gasteiger partial charge in [-0.2, -0.15) is 20.4 Å². The third kappa shape index (κ3) is 2.34. The Hall–Kier alpha value is -2.97. The van der Waals surface area contributed by atoms with Crippen molar-refractivity contribution in [3.63, 3.8) is 0 Å². The highest BCUT2D eigenvalue weighted by Crippen LogP contribution is 2.16. The molecule has 0 spiro atoms. The molecule has 96 valence electrons. The molecule has 0 aliphatic heterocycles. The molecule has 19 heavy (non-hydrogen) atoms. The van der Waals surface area contributed by atoms with Crippen molar-refractivity contribution in [1.82, 2.24) is 30.9 Å². The Morgan fingerprint density at radius 3 is 3.16 bits per heavy atom. The zero-order valence-electron chi connectivity index (χ0n) is 9.53. The zero-order chi connectivity index (χ0) is 13.1. The summed E-state index contributed by atoms with van der Waals surface area (Å²) < 4.78 is 10.1. The number of carbonyl (C=O) groups excluding carboxylic acids is 1. The van der Waals surface area contributed by atoms with Crippen molar-refractivity contribution in [2.45, 2.75) is 6.54 Å². The molecule has 3 heterocycles. The van der Waals surface area contributed by atoms with Crippen LogP contribution < -0.4 is 5.32 Å². The molecule has 9 heteroatoms. The van der Waals surface area contributed by atoms with Crippen molar-refractivity contribution in [2.24, 2.45) is 0 Å². The first kappa shape index (κ1) is 11.1. The van der Waals surface area contributed by atoms with Crippen molar-refractivity contribution < 1.29 is 13.7 Å². The van der Waals surface area contributed by atoms with Gasteiger partial charge in [0.2, 0.25) is 0 Å². The Balaban J connectivity index is 1.63. The first-order valence-electron chi connectivity index (χ1n) is 5.33. The quantitative estimate of drug-likeness (QED) is 0.694. The number of carbonyl (C=O) groups is 1. The van der Waals surface area contributed by atoms with Gasteiger partial charge in [0.05, 0.1) is 19.0 Å². The number of furan rings is 1. The first-order chi connectivity index (χ1) is 9.33. The van der Waals surface area contributed by atoms with Gasteiger partial charge < -0.3 is 14.3 Å². The van der Waals surface area contributed by atoms with Gasteiger partial charge in [-0.1, -0.05) is 5.16 Å². The summed E-state index contributed by atoms with van der Waals surface area (Å²) in [4.78, 5) is 15.7. The average molecular weight is 260 g/mol. The molecule has 3 aromatic rings. The standard InChI is InChI=1S/C10H8N6O3/c17-9(6-4-12-16-14-6)11-5-8-13-10(19-15-8)7-2-1-3-18-7/h1-4H,5H2,(H,11,17)(H,12,14,16). The molecule has 2 N–H and O–H groups in total. The minimum Gasteiger partial charge on any atom is -0.459 e. The lowest BCUT2D eigenvalue weighted by Crippen LogP contribution is -2.23. The second kappa shape index (κ2) is 4.72. The van der Waals surface area contributed by atoms with Gasteiger partial charge in [0.15, 0.2) is 17.3 Å². The van der Waals surface area contributed by atoms with Gasteiger partial charge in [-0.3, -0.25) is 4.79 Å². The summed E-state index contributed by atoms with van der Waals surface area (Å²) in [5, 5.41) is 15.8. The maximum atomic E-state index is 11.6.